The van der Waals surface area contributed by atoms with Crippen molar-refractivity contribution in [1.82, 2.24) is 9.88 Å². The molecule has 1 saturated carbocycles. The van der Waals surface area contributed by atoms with Crippen molar-refractivity contribution in [3.63, 3.8) is 0 Å². The van der Waals surface area contributed by atoms with Gasteiger partial charge in [-0.05, 0) is 66.3 Å². The SMILES string of the molecule is N=C(N)c1ccc2cc(C(=O)N[C@H]3CC[C@H](N)CC3)n(Cc3cc(N4CCOCC4=O)cc4ccccc34)c2c1. The number of carbonyl (C=O) groups excluding carboxylic acids is 2. The minimum atomic E-state index is -0.134. The molecule has 1 aromatic heterocycles. The van der Waals surface area contributed by atoms with E-state index in [0.717, 1.165) is 58.6 Å². The standard InChI is InChI=1S/C31H34N6O3/c32-23-7-9-24(10-8-23)35-31(39)28-15-20-5-6-21(30(33)34)16-27(20)37(28)17-22-14-25(36-11-12-40-18-29(36)38)13-19-3-1-2-4-26(19)22/h1-6,13-16,23-24H,7-12,17-18,32H2,(H3,33,34)(H,35,39)/t23-,24-. The van der Waals surface area contributed by atoms with Crippen molar-refractivity contribution >= 4 is 45.0 Å². The molecule has 1 aliphatic heterocycles. The molecule has 0 atom stereocenters. The van der Waals surface area contributed by atoms with Crippen LogP contribution in [-0.4, -0.2) is 54.1 Å². The maximum atomic E-state index is 13.7. The fourth-order valence-corrected chi connectivity index (χ4v) is 5.92. The van der Waals surface area contributed by atoms with E-state index in [2.05, 4.69) is 11.4 Å². The summed E-state index contributed by atoms with van der Waals surface area (Å²) in [6.45, 7) is 1.44. The van der Waals surface area contributed by atoms with Gasteiger partial charge in [-0.15, -0.1) is 0 Å². The number of hydrogen-bond donors (Lipinski definition) is 4. The summed E-state index contributed by atoms with van der Waals surface area (Å²) in [5, 5.41) is 14.2. The van der Waals surface area contributed by atoms with Gasteiger partial charge in [-0.25, -0.2) is 0 Å². The van der Waals surface area contributed by atoms with Crippen LogP contribution in [0, 0.1) is 5.41 Å². The third kappa shape index (κ3) is 5.05. The number of nitrogens with two attached hydrogens (primary N) is 2. The highest BCUT2D eigenvalue weighted by Gasteiger charge is 2.25. The second kappa shape index (κ2) is 10.7. The van der Waals surface area contributed by atoms with Gasteiger partial charge in [-0.2, -0.15) is 0 Å². The van der Waals surface area contributed by atoms with E-state index in [4.69, 9.17) is 21.6 Å². The molecule has 3 aromatic carbocycles. The van der Waals surface area contributed by atoms with Crippen LogP contribution in [0.1, 0.15) is 47.3 Å². The predicted molar refractivity (Wildman–Crippen MR) is 157 cm³/mol. The molecule has 2 heterocycles. The summed E-state index contributed by atoms with van der Waals surface area (Å²) >= 11 is 0. The number of benzene rings is 3. The Morgan fingerprint density at radius 1 is 1.02 bits per heavy atom. The third-order valence-electron chi connectivity index (χ3n) is 8.11. The van der Waals surface area contributed by atoms with Crippen LogP contribution in [0.5, 0.6) is 0 Å². The second-order valence-electron chi connectivity index (χ2n) is 10.8. The van der Waals surface area contributed by atoms with Gasteiger partial charge in [0.1, 0.15) is 18.1 Å². The van der Waals surface area contributed by atoms with Gasteiger partial charge in [-0.3, -0.25) is 15.0 Å². The number of aromatic nitrogens is 1. The fraction of sp³-hybridized carbons (Fsp3) is 0.323. The van der Waals surface area contributed by atoms with E-state index in [-0.39, 0.29) is 36.3 Å². The number of nitrogens with zero attached hydrogens (tertiary/aromatic N) is 2. The van der Waals surface area contributed by atoms with Crippen molar-refractivity contribution in [2.75, 3.05) is 24.7 Å². The molecule has 0 unspecified atom stereocenters. The number of amidine groups is 1. The molecule has 2 fully saturated rings. The molecular formula is C31H34N6O3. The molecule has 206 valence electrons. The monoisotopic (exact) mass is 538 g/mol. The highest BCUT2D eigenvalue weighted by molar-refractivity contribution is 6.03. The summed E-state index contributed by atoms with van der Waals surface area (Å²) < 4.78 is 7.35. The molecule has 9 heteroatoms. The maximum Gasteiger partial charge on any atom is 0.268 e. The fourth-order valence-electron chi connectivity index (χ4n) is 5.92. The van der Waals surface area contributed by atoms with E-state index in [9.17, 15) is 9.59 Å². The number of rotatable bonds is 6. The Morgan fingerprint density at radius 2 is 1.82 bits per heavy atom. The summed E-state index contributed by atoms with van der Waals surface area (Å²) in [5.74, 6) is -0.236. The zero-order chi connectivity index (χ0) is 27.8. The van der Waals surface area contributed by atoms with Crippen molar-refractivity contribution in [2.45, 2.75) is 44.3 Å². The van der Waals surface area contributed by atoms with E-state index < -0.39 is 0 Å². The smallest absolute Gasteiger partial charge is 0.268 e. The van der Waals surface area contributed by atoms with Crippen LogP contribution in [0.3, 0.4) is 0 Å². The van der Waals surface area contributed by atoms with E-state index in [1.165, 1.54) is 0 Å². The number of carbonyl (C=O) groups is 2. The lowest BCUT2D eigenvalue weighted by Gasteiger charge is -2.28. The van der Waals surface area contributed by atoms with E-state index >= 15 is 0 Å². The quantitative estimate of drug-likeness (QED) is 0.220. The lowest BCUT2D eigenvalue weighted by molar-refractivity contribution is -0.125. The Morgan fingerprint density at radius 3 is 2.60 bits per heavy atom. The van der Waals surface area contributed by atoms with Gasteiger partial charge in [0.25, 0.3) is 11.8 Å². The van der Waals surface area contributed by atoms with Crippen LogP contribution < -0.4 is 21.7 Å². The molecule has 4 aromatic rings. The molecule has 6 rings (SSSR count). The first-order valence-electron chi connectivity index (χ1n) is 13.8. The van der Waals surface area contributed by atoms with Crippen molar-refractivity contribution in [2.24, 2.45) is 11.5 Å². The normalized spacial score (nSPS) is 19.7. The number of fused-ring (bicyclic) bond motifs is 2. The highest BCUT2D eigenvalue weighted by Crippen LogP contribution is 2.31. The van der Waals surface area contributed by atoms with Gasteiger partial charge in [0.15, 0.2) is 0 Å². The zero-order valence-corrected chi connectivity index (χ0v) is 22.4. The zero-order valence-electron chi connectivity index (χ0n) is 22.4. The lowest BCUT2D eigenvalue weighted by atomic mass is 9.92. The molecule has 2 amide bonds. The van der Waals surface area contributed by atoms with Gasteiger partial charge in [0.2, 0.25) is 0 Å². The van der Waals surface area contributed by atoms with Gasteiger partial charge in [0.05, 0.1) is 6.61 Å². The molecule has 0 radical (unpaired) electrons. The molecule has 1 aliphatic carbocycles. The highest BCUT2D eigenvalue weighted by atomic mass is 16.5. The van der Waals surface area contributed by atoms with Gasteiger partial charge in [-0.1, -0.05) is 36.4 Å². The number of nitrogens with one attached hydrogen (secondary N) is 2. The summed E-state index contributed by atoms with van der Waals surface area (Å²) in [5.41, 5.74) is 15.7. The molecule has 6 N–H and O–H groups in total. The number of ether oxygens (including phenoxy) is 1. The molecular weight excluding hydrogens is 504 g/mol. The van der Waals surface area contributed by atoms with Crippen molar-refractivity contribution in [3.05, 3.63) is 77.5 Å². The topological polar surface area (TPSA) is 139 Å². The number of anilines is 1. The molecule has 40 heavy (non-hydrogen) atoms. The van der Waals surface area contributed by atoms with E-state index in [1.807, 2.05) is 53.1 Å². The van der Waals surface area contributed by atoms with E-state index in [1.54, 1.807) is 11.0 Å². The average Bonchev–Trinajstić information content (AvgIpc) is 3.32. The van der Waals surface area contributed by atoms with Crippen LogP contribution in [0.15, 0.2) is 60.7 Å². The molecule has 0 bridgehead atoms. The first-order valence-corrected chi connectivity index (χ1v) is 13.8. The van der Waals surface area contributed by atoms with Crippen LogP contribution >= 0.6 is 0 Å². The third-order valence-corrected chi connectivity index (χ3v) is 8.11. The minimum Gasteiger partial charge on any atom is -0.384 e. The van der Waals surface area contributed by atoms with Crippen LogP contribution in [0.25, 0.3) is 21.7 Å². The number of hydrogen-bond acceptors (Lipinski definition) is 5. The van der Waals surface area contributed by atoms with Crippen LogP contribution in [0.4, 0.5) is 5.69 Å². The average molecular weight is 539 g/mol. The Kier molecular flexibility index (Phi) is 7.00. The number of amides is 2. The number of nitrogen functional groups attached to an aromatic ring is 1. The van der Waals surface area contributed by atoms with Gasteiger partial charge in [0, 0.05) is 47.3 Å². The summed E-state index contributed by atoms with van der Waals surface area (Å²) in [6.07, 6.45) is 3.52. The lowest BCUT2D eigenvalue weighted by Crippen LogP contribution is -2.41. The summed E-state index contributed by atoms with van der Waals surface area (Å²) in [7, 11) is 0. The first-order chi connectivity index (χ1) is 19.4. The Hall–Kier alpha value is -4.21. The van der Waals surface area contributed by atoms with Crippen LogP contribution in [-0.2, 0) is 16.1 Å². The van der Waals surface area contributed by atoms with Crippen LogP contribution in [0.2, 0.25) is 0 Å². The van der Waals surface area contributed by atoms with Crippen molar-refractivity contribution < 1.29 is 14.3 Å². The predicted octanol–water partition coefficient (Wildman–Crippen LogP) is 3.49. The van der Waals surface area contributed by atoms with Crippen molar-refractivity contribution in [3.8, 4) is 0 Å². The first kappa shape index (κ1) is 26.0. The Bertz CT molecular complexity index is 1620. The molecule has 9 nitrogen and oxygen atoms in total. The molecule has 1 saturated heterocycles. The minimum absolute atomic E-state index is 0.0301. The van der Waals surface area contributed by atoms with Gasteiger partial charge >= 0.3 is 0 Å². The summed E-state index contributed by atoms with van der Waals surface area (Å²) in [4.78, 5) is 28.2. The van der Waals surface area contributed by atoms with E-state index in [0.29, 0.717) is 31.0 Å². The van der Waals surface area contributed by atoms with Gasteiger partial charge < -0.3 is 31.0 Å². The largest absolute Gasteiger partial charge is 0.384 e. The molecule has 2 aliphatic rings. The number of morpholine rings is 1. The molecule has 0 spiro atoms. The summed E-state index contributed by atoms with van der Waals surface area (Å²) in [6, 6.07) is 19.9. The Balaban J connectivity index is 1.45. The Labute approximate surface area is 232 Å². The maximum absolute atomic E-state index is 13.7. The van der Waals surface area contributed by atoms with Crippen molar-refractivity contribution in [1.29, 1.82) is 5.41 Å². The second-order valence-corrected chi connectivity index (χ2v) is 10.8.